The number of rotatable bonds is 5. The molecule has 0 aliphatic heterocycles. The van der Waals surface area contributed by atoms with Gasteiger partial charge in [-0.2, -0.15) is 0 Å². The van der Waals surface area contributed by atoms with Crippen molar-refractivity contribution >= 4 is 17.7 Å². The fraction of sp³-hybridized carbons (Fsp3) is 0.188. The maximum Gasteiger partial charge on any atom is 0.337 e. The Morgan fingerprint density at radius 1 is 1.05 bits per heavy atom. The summed E-state index contributed by atoms with van der Waals surface area (Å²) in [6.07, 6.45) is 0. The molecule has 0 aliphatic carbocycles. The lowest BCUT2D eigenvalue weighted by atomic mass is 10.1. The van der Waals surface area contributed by atoms with Crippen LogP contribution in [0.4, 0.5) is 0 Å². The molecule has 0 aromatic heterocycles. The van der Waals surface area contributed by atoms with E-state index in [1.165, 1.54) is 17.6 Å². The highest BCUT2D eigenvalue weighted by Gasteiger charge is 2.04. The Labute approximate surface area is 123 Å². The summed E-state index contributed by atoms with van der Waals surface area (Å²) in [5.74, 6) is 0.560. The Hall–Kier alpha value is -1.78. The zero-order chi connectivity index (χ0) is 14.4. The largest absolute Gasteiger partial charge is 0.465 e. The van der Waals surface area contributed by atoms with Crippen LogP contribution < -0.4 is 5.73 Å². The van der Waals surface area contributed by atoms with Gasteiger partial charge >= 0.3 is 5.97 Å². The van der Waals surface area contributed by atoms with Crippen molar-refractivity contribution in [2.45, 2.75) is 17.2 Å². The SMILES string of the molecule is COC(=O)c1ccc(CSc2ccc(CN)cc2)cc1. The lowest BCUT2D eigenvalue weighted by Gasteiger charge is -2.04. The molecule has 20 heavy (non-hydrogen) atoms. The summed E-state index contributed by atoms with van der Waals surface area (Å²) in [7, 11) is 1.39. The second-order valence-corrected chi connectivity index (χ2v) is 5.37. The molecule has 0 radical (unpaired) electrons. The van der Waals surface area contributed by atoms with Crippen LogP contribution in [-0.4, -0.2) is 13.1 Å². The molecule has 0 bridgehead atoms. The average molecular weight is 287 g/mol. The summed E-state index contributed by atoms with van der Waals surface area (Å²) in [6.45, 7) is 0.569. The second-order valence-electron chi connectivity index (χ2n) is 4.33. The highest BCUT2D eigenvalue weighted by molar-refractivity contribution is 7.98. The van der Waals surface area contributed by atoms with Crippen LogP contribution in [0.25, 0.3) is 0 Å². The van der Waals surface area contributed by atoms with E-state index in [1.807, 2.05) is 24.3 Å². The zero-order valence-electron chi connectivity index (χ0n) is 11.3. The molecule has 0 saturated carbocycles. The predicted octanol–water partition coefficient (Wildman–Crippen LogP) is 3.22. The van der Waals surface area contributed by atoms with Crippen LogP contribution in [0.1, 0.15) is 21.5 Å². The van der Waals surface area contributed by atoms with Crippen LogP contribution in [0.5, 0.6) is 0 Å². The van der Waals surface area contributed by atoms with Gasteiger partial charge in [-0.25, -0.2) is 4.79 Å². The molecule has 104 valence electrons. The van der Waals surface area contributed by atoms with E-state index in [0.29, 0.717) is 12.1 Å². The fourth-order valence-corrected chi connectivity index (χ4v) is 2.60. The van der Waals surface area contributed by atoms with Crippen LogP contribution in [0.3, 0.4) is 0 Å². The van der Waals surface area contributed by atoms with E-state index in [0.717, 1.165) is 11.3 Å². The Kier molecular flexibility index (Phi) is 5.21. The summed E-state index contributed by atoms with van der Waals surface area (Å²) in [4.78, 5) is 12.5. The lowest BCUT2D eigenvalue weighted by Crippen LogP contribution is -2.00. The normalized spacial score (nSPS) is 10.3. The first-order valence-corrected chi connectivity index (χ1v) is 7.30. The van der Waals surface area contributed by atoms with Gasteiger partial charge in [0.25, 0.3) is 0 Å². The maximum absolute atomic E-state index is 11.3. The van der Waals surface area contributed by atoms with Crippen molar-refractivity contribution in [3.63, 3.8) is 0 Å². The number of carbonyl (C=O) groups is 1. The van der Waals surface area contributed by atoms with E-state index in [2.05, 4.69) is 16.9 Å². The molecule has 2 aromatic rings. The van der Waals surface area contributed by atoms with Gasteiger partial charge in [0.2, 0.25) is 0 Å². The van der Waals surface area contributed by atoms with Gasteiger partial charge in [0.15, 0.2) is 0 Å². The number of hydrogen-bond donors (Lipinski definition) is 1. The summed E-state index contributed by atoms with van der Waals surface area (Å²) in [5.41, 5.74) is 8.46. The molecule has 2 aromatic carbocycles. The molecule has 0 fully saturated rings. The average Bonchev–Trinajstić information content (AvgIpc) is 2.53. The van der Waals surface area contributed by atoms with E-state index >= 15 is 0 Å². The van der Waals surface area contributed by atoms with Crippen LogP contribution in [0.2, 0.25) is 0 Å². The first-order valence-electron chi connectivity index (χ1n) is 6.32. The number of esters is 1. The monoisotopic (exact) mass is 287 g/mol. The smallest absolute Gasteiger partial charge is 0.337 e. The number of thioether (sulfide) groups is 1. The first kappa shape index (κ1) is 14.6. The molecule has 0 heterocycles. The van der Waals surface area contributed by atoms with E-state index in [9.17, 15) is 4.79 Å². The number of ether oxygens (including phenoxy) is 1. The minimum absolute atomic E-state index is 0.304. The molecule has 0 spiro atoms. The highest BCUT2D eigenvalue weighted by Crippen LogP contribution is 2.23. The number of hydrogen-bond acceptors (Lipinski definition) is 4. The van der Waals surface area contributed by atoms with Crippen molar-refractivity contribution in [2.75, 3.05) is 7.11 Å². The maximum atomic E-state index is 11.3. The quantitative estimate of drug-likeness (QED) is 0.677. The number of benzene rings is 2. The van der Waals surface area contributed by atoms with Crippen molar-refractivity contribution in [3.05, 3.63) is 65.2 Å². The molecule has 0 amide bonds. The van der Waals surface area contributed by atoms with Gasteiger partial charge in [-0.05, 0) is 35.4 Å². The number of carbonyl (C=O) groups excluding carboxylic acids is 1. The third-order valence-electron chi connectivity index (χ3n) is 2.94. The third-order valence-corrected chi connectivity index (χ3v) is 4.02. The van der Waals surface area contributed by atoms with Crippen LogP contribution in [-0.2, 0) is 17.0 Å². The van der Waals surface area contributed by atoms with E-state index in [4.69, 9.17) is 5.73 Å². The van der Waals surface area contributed by atoms with E-state index in [1.54, 1.807) is 23.9 Å². The molecule has 0 unspecified atom stereocenters. The predicted molar refractivity (Wildman–Crippen MR) is 81.7 cm³/mol. The molecule has 2 rings (SSSR count). The van der Waals surface area contributed by atoms with Gasteiger partial charge in [0, 0.05) is 17.2 Å². The van der Waals surface area contributed by atoms with Crippen LogP contribution in [0, 0.1) is 0 Å². The molecular weight excluding hydrogens is 270 g/mol. The molecule has 4 heteroatoms. The topological polar surface area (TPSA) is 52.3 Å². The standard InChI is InChI=1S/C16H17NO2S/c1-19-16(18)14-6-2-13(3-7-14)11-20-15-8-4-12(10-17)5-9-15/h2-9H,10-11,17H2,1H3. The Morgan fingerprint density at radius 2 is 1.65 bits per heavy atom. The summed E-state index contributed by atoms with van der Waals surface area (Å²) < 4.78 is 4.67. The van der Waals surface area contributed by atoms with Crippen molar-refractivity contribution < 1.29 is 9.53 Å². The first-order chi connectivity index (χ1) is 9.72. The second kappa shape index (κ2) is 7.12. The molecule has 0 aliphatic rings. The summed E-state index contributed by atoms with van der Waals surface area (Å²) >= 11 is 1.76. The van der Waals surface area contributed by atoms with Gasteiger partial charge in [0.1, 0.15) is 0 Å². The summed E-state index contributed by atoms with van der Waals surface area (Å²) in [6, 6.07) is 15.7. The van der Waals surface area contributed by atoms with Gasteiger partial charge in [-0.1, -0.05) is 24.3 Å². The van der Waals surface area contributed by atoms with E-state index < -0.39 is 0 Å². The Balaban J connectivity index is 1.94. The van der Waals surface area contributed by atoms with Gasteiger partial charge in [-0.3, -0.25) is 0 Å². The minimum atomic E-state index is -0.304. The highest BCUT2D eigenvalue weighted by atomic mass is 32.2. The lowest BCUT2D eigenvalue weighted by molar-refractivity contribution is 0.0600. The number of nitrogens with two attached hydrogens (primary N) is 1. The Bertz CT molecular complexity index is 564. The van der Waals surface area contributed by atoms with Gasteiger partial charge < -0.3 is 10.5 Å². The fourth-order valence-electron chi connectivity index (χ4n) is 1.74. The van der Waals surface area contributed by atoms with E-state index in [-0.39, 0.29) is 5.97 Å². The van der Waals surface area contributed by atoms with Crippen molar-refractivity contribution in [1.82, 2.24) is 0 Å². The molecular formula is C16H17NO2S. The van der Waals surface area contributed by atoms with Gasteiger partial charge in [0.05, 0.1) is 12.7 Å². The van der Waals surface area contributed by atoms with Crippen molar-refractivity contribution in [2.24, 2.45) is 5.73 Å². The Morgan fingerprint density at radius 3 is 2.20 bits per heavy atom. The zero-order valence-corrected chi connectivity index (χ0v) is 12.2. The molecule has 0 atom stereocenters. The summed E-state index contributed by atoms with van der Waals surface area (Å²) in [5, 5.41) is 0. The van der Waals surface area contributed by atoms with Gasteiger partial charge in [-0.15, -0.1) is 11.8 Å². The van der Waals surface area contributed by atoms with Crippen molar-refractivity contribution in [3.8, 4) is 0 Å². The van der Waals surface area contributed by atoms with Crippen LogP contribution >= 0.6 is 11.8 Å². The number of methoxy groups -OCH3 is 1. The minimum Gasteiger partial charge on any atom is -0.465 e. The van der Waals surface area contributed by atoms with Crippen molar-refractivity contribution in [1.29, 1.82) is 0 Å². The molecule has 3 nitrogen and oxygen atoms in total. The third kappa shape index (κ3) is 3.85. The molecule has 2 N–H and O–H groups in total. The van der Waals surface area contributed by atoms with Crippen LogP contribution in [0.15, 0.2) is 53.4 Å². The molecule has 0 saturated heterocycles.